The third-order valence-corrected chi connectivity index (χ3v) is 3.79. The second-order valence-electron chi connectivity index (χ2n) is 6.43. The van der Waals surface area contributed by atoms with Crippen LogP contribution in [0.3, 0.4) is 0 Å². The van der Waals surface area contributed by atoms with Gasteiger partial charge in [-0.05, 0) is 37.3 Å². The fraction of sp³-hybridized carbons (Fsp3) is 0.182. The van der Waals surface area contributed by atoms with Crippen molar-refractivity contribution in [3.05, 3.63) is 83.6 Å². The Bertz CT molecular complexity index is 875. The van der Waals surface area contributed by atoms with Crippen LogP contribution in [-0.4, -0.2) is 17.8 Å². The minimum Gasteiger partial charge on any atom is -0.453 e. The number of allylic oxidation sites excluding steroid dienone is 2. The van der Waals surface area contributed by atoms with Crippen LogP contribution in [0.5, 0.6) is 0 Å². The van der Waals surface area contributed by atoms with Crippen molar-refractivity contribution in [3.63, 3.8) is 0 Å². The maximum absolute atomic E-state index is 11.3. The molecule has 0 saturated carbocycles. The van der Waals surface area contributed by atoms with E-state index in [1.165, 1.54) is 0 Å². The van der Waals surface area contributed by atoms with Gasteiger partial charge >= 0.3 is 0 Å². The highest BCUT2D eigenvalue weighted by Gasteiger charge is 2.28. The van der Waals surface area contributed by atoms with Crippen LogP contribution in [0.15, 0.2) is 77.5 Å². The van der Waals surface area contributed by atoms with Crippen molar-refractivity contribution >= 4 is 23.4 Å². The van der Waals surface area contributed by atoms with Crippen molar-refractivity contribution in [2.24, 2.45) is 4.99 Å². The van der Waals surface area contributed by atoms with Crippen LogP contribution < -0.4 is 0 Å². The van der Waals surface area contributed by atoms with Crippen molar-refractivity contribution in [2.45, 2.75) is 26.6 Å². The molecule has 1 aliphatic heterocycles. The minimum atomic E-state index is -0.761. The molecule has 4 nitrogen and oxygen atoms in total. The Hall–Kier alpha value is -3.14. The maximum Gasteiger partial charge on any atom is 0.245 e. The summed E-state index contributed by atoms with van der Waals surface area (Å²) in [6.45, 7) is 5.28. The Morgan fingerprint density at radius 2 is 1.69 bits per heavy atom. The van der Waals surface area contributed by atoms with Crippen molar-refractivity contribution in [3.8, 4) is 0 Å². The van der Waals surface area contributed by atoms with E-state index in [-0.39, 0.29) is 5.78 Å². The smallest absolute Gasteiger partial charge is 0.245 e. The molecule has 1 heterocycles. The number of carbonyl (C=O) groups excluding carboxylic acids is 1. The summed E-state index contributed by atoms with van der Waals surface area (Å²) in [7, 11) is 0. The highest BCUT2D eigenvalue weighted by molar-refractivity contribution is 5.94. The first-order chi connectivity index (χ1) is 12.4. The van der Waals surface area contributed by atoms with Crippen molar-refractivity contribution in [2.75, 3.05) is 0 Å². The molecule has 0 aromatic heterocycles. The van der Waals surface area contributed by atoms with Gasteiger partial charge in [-0.1, -0.05) is 30.3 Å². The molecule has 0 aliphatic carbocycles. The van der Waals surface area contributed by atoms with E-state index in [2.05, 4.69) is 4.99 Å². The molecule has 2 aromatic rings. The van der Waals surface area contributed by atoms with Crippen LogP contribution >= 0.6 is 0 Å². The number of ether oxygens (including phenoxy) is 2. The zero-order valence-electron chi connectivity index (χ0n) is 15.1. The predicted octanol–water partition coefficient (Wildman–Crippen LogP) is 5.30. The van der Waals surface area contributed by atoms with Crippen molar-refractivity contribution < 1.29 is 14.3 Å². The molecule has 0 bridgehead atoms. The van der Waals surface area contributed by atoms with Gasteiger partial charge in [-0.25, -0.2) is 0 Å². The van der Waals surface area contributed by atoms with Crippen molar-refractivity contribution in [1.29, 1.82) is 0 Å². The number of benzene rings is 2. The lowest BCUT2D eigenvalue weighted by molar-refractivity contribution is -0.149. The monoisotopic (exact) mass is 347 g/mol. The quantitative estimate of drug-likeness (QED) is 0.557. The number of Topliss-reactive ketones (excluding diaryl/α,β-unsaturated/α-hetero) is 1. The maximum atomic E-state index is 11.3. The molecular formula is C22H21NO3. The van der Waals surface area contributed by atoms with E-state index >= 15 is 0 Å². The number of ketones is 1. The van der Waals surface area contributed by atoms with Gasteiger partial charge in [0.2, 0.25) is 5.79 Å². The molecule has 0 N–H and O–H groups in total. The van der Waals surface area contributed by atoms with Gasteiger partial charge in [-0.3, -0.25) is 9.79 Å². The van der Waals surface area contributed by atoms with E-state index < -0.39 is 5.79 Å². The predicted molar refractivity (Wildman–Crippen MR) is 103 cm³/mol. The molecule has 0 atom stereocenters. The summed E-state index contributed by atoms with van der Waals surface area (Å²) in [6, 6.07) is 17.1. The summed E-state index contributed by atoms with van der Waals surface area (Å²) >= 11 is 0. The normalized spacial score (nSPS) is 17.5. The average molecular weight is 347 g/mol. The fourth-order valence-electron chi connectivity index (χ4n) is 2.56. The van der Waals surface area contributed by atoms with Crippen LogP contribution in [-0.2, 0) is 9.47 Å². The Morgan fingerprint density at radius 3 is 2.35 bits per heavy atom. The molecule has 132 valence electrons. The van der Waals surface area contributed by atoms with E-state index in [1.54, 1.807) is 31.3 Å². The van der Waals surface area contributed by atoms with Gasteiger partial charge in [-0.2, -0.15) is 0 Å². The number of nitrogens with zero attached hydrogens (tertiary/aromatic N) is 1. The Labute approximate surface area is 153 Å². The molecule has 2 aromatic carbocycles. The molecule has 0 amide bonds. The molecule has 0 spiro atoms. The summed E-state index contributed by atoms with van der Waals surface area (Å²) in [5, 5.41) is 0. The SMILES string of the molecule is CC(=O)c1ccc(N=C/C=C2/C=C(c3ccccc3)OC(C)(C)O2)cc1. The van der Waals surface area contributed by atoms with Crippen LogP contribution in [0.4, 0.5) is 5.69 Å². The Kier molecular flexibility index (Phi) is 5.03. The summed E-state index contributed by atoms with van der Waals surface area (Å²) < 4.78 is 11.8. The van der Waals surface area contributed by atoms with Crippen LogP contribution in [0.2, 0.25) is 0 Å². The zero-order chi connectivity index (χ0) is 18.6. The van der Waals surface area contributed by atoms with Crippen LogP contribution in [0.1, 0.15) is 36.7 Å². The minimum absolute atomic E-state index is 0.0408. The first-order valence-corrected chi connectivity index (χ1v) is 8.43. The Balaban J connectivity index is 1.81. The highest BCUT2D eigenvalue weighted by Crippen LogP contribution is 2.32. The summed E-state index contributed by atoms with van der Waals surface area (Å²) in [6.07, 6.45) is 5.33. The zero-order valence-corrected chi connectivity index (χ0v) is 15.1. The highest BCUT2D eigenvalue weighted by atomic mass is 16.7. The lowest BCUT2D eigenvalue weighted by Gasteiger charge is -2.33. The second kappa shape index (κ2) is 7.40. The van der Waals surface area contributed by atoms with E-state index in [1.807, 2.05) is 62.4 Å². The topological polar surface area (TPSA) is 47.9 Å². The molecule has 4 heteroatoms. The molecule has 26 heavy (non-hydrogen) atoms. The second-order valence-corrected chi connectivity index (χ2v) is 6.43. The van der Waals surface area contributed by atoms with Gasteiger partial charge in [-0.15, -0.1) is 0 Å². The lowest BCUT2D eigenvalue weighted by atomic mass is 10.1. The van der Waals surface area contributed by atoms with Crippen LogP contribution in [0.25, 0.3) is 5.76 Å². The molecule has 1 aliphatic rings. The van der Waals surface area contributed by atoms with Gasteiger partial charge < -0.3 is 9.47 Å². The third-order valence-electron chi connectivity index (χ3n) is 3.79. The summed E-state index contributed by atoms with van der Waals surface area (Å²) in [4.78, 5) is 15.7. The van der Waals surface area contributed by atoms with E-state index in [4.69, 9.17) is 9.47 Å². The first-order valence-electron chi connectivity index (χ1n) is 8.43. The van der Waals surface area contributed by atoms with E-state index in [0.717, 1.165) is 17.0 Å². The number of hydrogen-bond acceptors (Lipinski definition) is 4. The number of carbonyl (C=O) groups is 1. The standard InChI is InChI=1S/C22H21NO3/c1-16(24)17-9-11-19(12-10-17)23-14-13-20-15-21(26-22(2,3)25-20)18-7-5-4-6-8-18/h4-15H,1-3H3/b20-13-,23-14?. The van der Waals surface area contributed by atoms with Crippen LogP contribution in [0, 0.1) is 0 Å². The summed E-state index contributed by atoms with van der Waals surface area (Å²) in [5.74, 6) is 0.707. The molecule has 0 fully saturated rings. The largest absolute Gasteiger partial charge is 0.453 e. The number of hydrogen-bond donors (Lipinski definition) is 0. The third kappa shape index (κ3) is 4.48. The fourth-order valence-corrected chi connectivity index (χ4v) is 2.56. The molecule has 0 unspecified atom stereocenters. The van der Waals surface area contributed by atoms with Gasteiger partial charge in [0, 0.05) is 37.3 Å². The average Bonchev–Trinajstić information content (AvgIpc) is 2.61. The lowest BCUT2D eigenvalue weighted by Crippen LogP contribution is -2.30. The molecular weight excluding hydrogens is 326 g/mol. The van der Waals surface area contributed by atoms with Gasteiger partial charge in [0.1, 0.15) is 11.5 Å². The van der Waals surface area contributed by atoms with Gasteiger partial charge in [0.25, 0.3) is 0 Å². The number of rotatable bonds is 4. The number of aliphatic imine (C=N–C) groups is 1. The Morgan fingerprint density at radius 1 is 1.00 bits per heavy atom. The summed E-state index contributed by atoms with van der Waals surface area (Å²) in [5.41, 5.74) is 2.43. The van der Waals surface area contributed by atoms with Gasteiger partial charge in [0.15, 0.2) is 5.78 Å². The molecule has 3 rings (SSSR count). The first kappa shape index (κ1) is 17.7. The van der Waals surface area contributed by atoms with Gasteiger partial charge in [0.05, 0.1) is 5.69 Å². The van der Waals surface area contributed by atoms with E-state index in [0.29, 0.717) is 11.3 Å². The van der Waals surface area contributed by atoms with Crippen molar-refractivity contribution in [1.82, 2.24) is 0 Å². The van der Waals surface area contributed by atoms with E-state index in [9.17, 15) is 4.79 Å². The molecule has 0 radical (unpaired) electrons. The molecule has 0 saturated heterocycles.